The van der Waals surface area contributed by atoms with Crippen LogP contribution in [0.2, 0.25) is 0 Å². The van der Waals surface area contributed by atoms with Crippen molar-refractivity contribution in [3.05, 3.63) is 24.3 Å². The summed E-state index contributed by atoms with van der Waals surface area (Å²) in [6.45, 7) is 20.0. The number of hydrogen-bond donors (Lipinski definition) is 2. The topological polar surface area (TPSA) is 93.1 Å². The van der Waals surface area contributed by atoms with Gasteiger partial charge in [0.1, 0.15) is 6.10 Å². The van der Waals surface area contributed by atoms with Gasteiger partial charge in [-0.2, -0.15) is 0 Å². The summed E-state index contributed by atoms with van der Waals surface area (Å²) in [4.78, 5) is 25.2. The monoisotopic (exact) mass is 691 g/mol. The lowest BCUT2D eigenvalue weighted by Crippen LogP contribution is -2.32. The van der Waals surface area contributed by atoms with Crippen LogP contribution in [0.25, 0.3) is 0 Å². The Hall–Kier alpha value is -1.66. The smallest absolute Gasteiger partial charge is 0.306 e. The van der Waals surface area contributed by atoms with E-state index in [1.807, 2.05) is 26.0 Å². The molecule has 0 saturated heterocycles. The summed E-state index contributed by atoms with van der Waals surface area (Å²) in [5, 5.41) is 21.6. The van der Waals surface area contributed by atoms with Crippen LogP contribution < -0.4 is 0 Å². The van der Waals surface area contributed by atoms with Gasteiger partial charge in [0.25, 0.3) is 0 Å². The number of hydrogen-bond acceptors (Lipinski definition) is 6. The van der Waals surface area contributed by atoms with Gasteiger partial charge >= 0.3 is 11.9 Å². The molecular formula is C43H78O6. The minimum Gasteiger partial charge on any atom is -0.463 e. The molecule has 0 heterocycles. The van der Waals surface area contributed by atoms with Gasteiger partial charge in [-0.05, 0) is 82.0 Å². The Morgan fingerprint density at radius 1 is 0.776 bits per heavy atom. The first-order chi connectivity index (χ1) is 23.5. The van der Waals surface area contributed by atoms with E-state index in [9.17, 15) is 19.8 Å². The molecule has 1 saturated carbocycles. The van der Waals surface area contributed by atoms with Crippen molar-refractivity contribution in [2.75, 3.05) is 0 Å². The first kappa shape index (κ1) is 45.4. The third-order valence-electron chi connectivity index (χ3n) is 11.5. The fourth-order valence-corrected chi connectivity index (χ4v) is 8.63. The van der Waals surface area contributed by atoms with Gasteiger partial charge in [-0.25, -0.2) is 0 Å². The van der Waals surface area contributed by atoms with E-state index in [0.717, 1.165) is 62.7 Å². The number of esters is 2. The van der Waals surface area contributed by atoms with E-state index in [4.69, 9.17) is 9.47 Å². The standard InChI is InChI=1S/C43H78O6/c1-10-16-19-24-34(44)28-29-38-39(25-20-17-18-21-26-42(46)48-31(7)8)41(30-40(38)45)49-43(47)27-22-23-33(12-3)36(14-5)37(15-6)35(13-4)32(9)11-2/h17,20,28-29,31-41,44-45H,10-16,18-19,21-27,30H2,1-9H3/b20-17-,29-28+/t32?,33?,34-,35?,36?,37?,38+,39+,40+,41-/m0/s1. The molecule has 0 aromatic heterocycles. The van der Waals surface area contributed by atoms with Gasteiger partial charge < -0.3 is 19.7 Å². The normalized spacial score (nSPS) is 23.5. The highest BCUT2D eigenvalue weighted by Crippen LogP contribution is 2.42. The van der Waals surface area contributed by atoms with Crippen LogP contribution in [0.3, 0.4) is 0 Å². The predicted molar refractivity (Wildman–Crippen MR) is 204 cm³/mol. The third kappa shape index (κ3) is 16.9. The zero-order valence-corrected chi connectivity index (χ0v) is 33.2. The number of ether oxygens (including phenoxy) is 2. The van der Waals surface area contributed by atoms with Crippen molar-refractivity contribution in [3.63, 3.8) is 0 Å². The second-order valence-corrected chi connectivity index (χ2v) is 15.3. The summed E-state index contributed by atoms with van der Waals surface area (Å²) in [5.74, 6) is 2.90. The first-order valence-corrected chi connectivity index (χ1v) is 20.6. The van der Waals surface area contributed by atoms with Crippen LogP contribution in [0.5, 0.6) is 0 Å². The van der Waals surface area contributed by atoms with E-state index >= 15 is 0 Å². The zero-order valence-electron chi connectivity index (χ0n) is 33.2. The molecule has 0 spiro atoms. The second-order valence-electron chi connectivity index (χ2n) is 15.3. The molecule has 6 heteroatoms. The maximum absolute atomic E-state index is 13.3. The Labute approximate surface area is 302 Å². The molecule has 0 aromatic carbocycles. The summed E-state index contributed by atoms with van der Waals surface area (Å²) in [6.07, 6.45) is 21.4. The van der Waals surface area contributed by atoms with Crippen molar-refractivity contribution in [3.8, 4) is 0 Å². The highest BCUT2D eigenvalue weighted by atomic mass is 16.5. The van der Waals surface area contributed by atoms with E-state index in [-0.39, 0.29) is 36.0 Å². The van der Waals surface area contributed by atoms with Crippen molar-refractivity contribution < 1.29 is 29.3 Å². The van der Waals surface area contributed by atoms with E-state index in [2.05, 4.69) is 60.6 Å². The van der Waals surface area contributed by atoms with Gasteiger partial charge in [0.15, 0.2) is 0 Å². The van der Waals surface area contributed by atoms with Crippen LogP contribution in [0.1, 0.15) is 171 Å². The maximum Gasteiger partial charge on any atom is 0.306 e. The lowest BCUT2D eigenvalue weighted by atomic mass is 9.66. The average Bonchev–Trinajstić information content (AvgIpc) is 3.36. The molecule has 1 aliphatic rings. The minimum atomic E-state index is -0.626. The zero-order chi connectivity index (χ0) is 36.8. The van der Waals surface area contributed by atoms with Crippen LogP contribution >= 0.6 is 0 Å². The summed E-state index contributed by atoms with van der Waals surface area (Å²) in [7, 11) is 0. The van der Waals surface area contributed by atoms with Crippen molar-refractivity contribution >= 4 is 11.9 Å². The highest BCUT2D eigenvalue weighted by molar-refractivity contribution is 5.69. The first-order valence-electron chi connectivity index (χ1n) is 20.6. The molecule has 49 heavy (non-hydrogen) atoms. The third-order valence-corrected chi connectivity index (χ3v) is 11.5. The lowest BCUT2D eigenvalue weighted by molar-refractivity contribution is -0.151. The molecule has 0 amide bonds. The second kappa shape index (κ2) is 26.2. The molecule has 0 radical (unpaired) electrons. The Morgan fingerprint density at radius 2 is 1.45 bits per heavy atom. The number of aliphatic hydroxyl groups is 2. The van der Waals surface area contributed by atoms with Crippen LogP contribution in [0, 0.1) is 41.4 Å². The highest BCUT2D eigenvalue weighted by Gasteiger charge is 2.42. The summed E-state index contributed by atoms with van der Waals surface area (Å²) < 4.78 is 11.4. The minimum absolute atomic E-state index is 0.0649. The average molecular weight is 691 g/mol. The van der Waals surface area contributed by atoms with E-state index in [1.54, 1.807) is 0 Å². The Kier molecular flexibility index (Phi) is 24.2. The summed E-state index contributed by atoms with van der Waals surface area (Å²) in [6, 6.07) is 0. The van der Waals surface area contributed by atoms with E-state index in [1.165, 1.54) is 25.7 Å². The van der Waals surface area contributed by atoms with Gasteiger partial charge in [0.2, 0.25) is 0 Å². The van der Waals surface area contributed by atoms with E-state index in [0.29, 0.717) is 50.4 Å². The molecule has 0 aliphatic heterocycles. The maximum atomic E-state index is 13.3. The molecular weight excluding hydrogens is 612 g/mol. The lowest BCUT2D eigenvalue weighted by Gasteiger charge is -2.39. The molecule has 1 rings (SSSR count). The fraction of sp³-hybridized carbons (Fsp3) is 0.860. The van der Waals surface area contributed by atoms with Crippen LogP contribution in [0.4, 0.5) is 0 Å². The molecule has 1 aliphatic carbocycles. The van der Waals surface area contributed by atoms with Crippen molar-refractivity contribution in [1.29, 1.82) is 0 Å². The Balaban J connectivity index is 2.91. The number of rotatable bonds is 27. The molecule has 5 unspecified atom stereocenters. The van der Waals surface area contributed by atoms with Crippen LogP contribution in [-0.4, -0.2) is 46.6 Å². The molecule has 2 N–H and O–H groups in total. The van der Waals surface area contributed by atoms with Crippen molar-refractivity contribution in [2.45, 2.75) is 196 Å². The van der Waals surface area contributed by atoms with Crippen LogP contribution in [0.15, 0.2) is 24.3 Å². The van der Waals surface area contributed by atoms with Crippen molar-refractivity contribution in [2.24, 2.45) is 41.4 Å². The van der Waals surface area contributed by atoms with Gasteiger partial charge in [0, 0.05) is 31.1 Å². The SMILES string of the molecule is CCCCC[C@H](O)/C=C/[C@@H]1[C@@H](C/C=C\CCCC(=O)OC(C)C)[C@@H](OC(=O)CCCC(CC)C(CC)C(CC)C(CC)C(C)CC)C[C@H]1O. The number of carbonyl (C=O) groups excluding carboxylic acids is 2. The van der Waals surface area contributed by atoms with Crippen LogP contribution in [-0.2, 0) is 19.1 Å². The van der Waals surface area contributed by atoms with Gasteiger partial charge in [0.05, 0.1) is 18.3 Å². The summed E-state index contributed by atoms with van der Waals surface area (Å²) in [5.41, 5.74) is 0. The van der Waals surface area contributed by atoms with Gasteiger partial charge in [-0.3, -0.25) is 9.59 Å². The van der Waals surface area contributed by atoms with Gasteiger partial charge in [-0.1, -0.05) is 124 Å². The molecule has 0 bridgehead atoms. The molecule has 286 valence electrons. The molecule has 10 atom stereocenters. The molecule has 0 aromatic rings. The summed E-state index contributed by atoms with van der Waals surface area (Å²) >= 11 is 0. The number of allylic oxidation sites excluding steroid dienone is 2. The molecule has 6 nitrogen and oxygen atoms in total. The van der Waals surface area contributed by atoms with Gasteiger partial charge in [-0.15, -0.1) is 0 Å². The number of unbranched alkanes of at least 4 members (excludes halogenated alkanes) is 3. The number of carbonyl (C=O) groups is 2. The van der Waals surface area contributed by atoms with Crippen molar-refractivity contribution in [1.82, 2.24) is 0 Å². The fourth-order valence-electron chi connectivity index (χ4n) is 8.63. The number of aliphatic hydroxyl groups excluding tert-OH is 2. The Bertz CT molecular complexity index is 927. The van der Waals surface area contributed by atoms with E-state index < -0.39 is 12.2 Å². The quantitative estimate of drug-likeness (QED) is 0.0506. The largest absolute Gasteiger partial charge is 0.463 e. The Morgan fingerprint density at radius 3 is 2.04 bits per heavy atom. The predicted octanol–water partition coefficient (Wildman–Crippen LogP) is 10.8. The molecule has 1 fully saturated rings.